The van der Waals surface area contributed by atoms with Crippen molar-refractivity contribution in [1.82, 2.24) is 0 Å². The molecule has 1 aliphatic rings. The van der Waals surface area contributed by atoms with Crippen molar-refractivity contribution in [3.8, 4) is 0 Å². The molecular weight excluding hydrogens is 296 g/mol. The van der Waals surface area contributed by atoms with E-state index in [1.165, 1.54) is 0 Å². The number of carbonyl (C=O) groups is 1. The number of hydrogen-bond acceptors (Lipinski definition) is 2. The van der Waals surface area contributed by atoms with Crippen LogP contribution in [-0.4, -0.2) is 22.8 Å². The zero-order valence-corrected chi connectivity index (χ0v) is 11.6. The average molecular weight is 313 g/mol. The minimum atomic E-state index is -0.790. The molecule has 1 fully saturated rings. The Kier molecular flexibility index (Phi) is 4.40. The van der Waals surface area contributed by atoms with Crippen molar-refractivity contribution in [3.05, 3.63) is 34.3 Å². The van der Waals surface area contributed by atoms with Gasteiger partial charge in [0.2, 0.25) is 0 Å². The smallest absolute Gasteiger partial charge is 0.307 e. The molecule has 0 aliphatic heterocycles. The van der Waals surface area contributed by atoms with Crippen molar-refractivity contribution in [2.24, 2.45) is 11.8 Å². The highest BCUT2D eigenvalue weighted by Crippen LogP contribution is 2.41. The molecule has 0 heterocycles. The molecule has 0 saturated heterocycles. The monoisotopic (exact) mass is 312 g/mol. The van der Waals surface area contributed by atoms with E-state index in [9.17, 15) is 15.0 Å². The van der Waals surface area contributed by atoms with Crippen LogP contribution in [0.4, 0.5) is 0 Å². The van der Waals surface area contributed by atoms with Crippen molar-refractivity contribution in [1.29, 1.82) is 0 Å². The summed E-state index contributed by atoms with van der Waals surface area (Å²) in [6, 6.07) is 7.84. The first-order valence-corrected chi connectivity index (χ1v) is 7.02. The number of rotatable bonds is 3. The van der Waals surface area contributed by atoms with Crippen LogP contribution in [-0.2, 0) is 4.79 Å². The molecule has 2 rings (SSSR count). The van der Waals surface area contributed by atoms with Gasteiger partial charge in [0.25, 0.3) is 0 Å². The number of aliphatic hydroxyl groups excluding tert-OH is 1. The Bertz CT molecular complexity index is 416. The Balaban J connectivity index is 2.28. The van der Waals surface area contributed by atoms with E-state index in [0.29, 0.717) is 0 Å². The number of halogens is 1. The molecule has 0 radical (unpaired) electrons. The molecule has 0 spiro atoms. The van der Waals surface area contributed by atoms with Crippen LogP contribution >= 0.6 is 15.9 Å². The lowest BCUT2D eigenvalue weighted by molar-refractivity contribution is -0.146. The third-order valence-electron chi connectivity index (χ3n) is 3.85. The lowest BCUT2D eigenvalue weighted by Crippen LogP contribution is -2.35. The van der Waals surface area contributed by atoms with Crippen molar-refractivity contribution < 1.29 is 15.0 Å². The second-order valence-electron chi connectivity index (χ2n) is 4.90. The van der Waals surface area contributed by atoms with E-state index in [4.69, 9.17) is 0 Å². The zero-order valence-electron chi connectivity index (χ0n) is 10.1. The highest BCUT2D eigenvalue weighted by Gasteiger charge is 2.38. The second kappa shape index (κ2) is 5.85. The van der Waals surface area contributed by atoms with E-state index in [-0.39, 0.29) is 18.4 Å². The summed E-state index contributed by atoms with van der Waals surface area (Å²) in [7, 11) is 0. The normalized spacial score (nSPS) is 28.0. The number of benzene rings is 1. The lowest BCUT2D eigenvalue weighted by Gasteiger charge is -2.35. The first kappa shape index (κ1) is 13.6. The molecule has 3 atom stereocenters. The Hall–Kier alpha value is -0.870. The molecule has 0 amide bonds. The van der Waals surface area contributed by atoms with Gasteiger partial charge in [-0.1, -0.05) is 34.5 Å². The molecule has 0 bridgehead atoms. The third-order valence-corrected chi connectivity index (χ3v) is 4.38. The summed E-state index contributed by atoms with van der Waals surface area (Å²) < 4.78 is 0.993. The summed E-state index contributed by atoms with van der Waals surface area (Å²) in [5.41, 5.74) is 1.06. The van der Waals surface area contributed by atoms with Gasteiger partial charge in [-0.2, -0.15) is 0 Å². The molecule has 2 N–H and O–H groups in total. The molecule has 4 heteroatoms. The first-order valence-electron chi connectivity index (χ1n) is 6.22. The maximum absolute atomic E-state index is 11.5. The maximum Gasteiger partial charge on any atom is 0.307 e. The summed E-state index contributed by atoms with van der Waals surface area (Å²) in [6.45, 7) is -0.0377. The van der Waals surface area contributed by atoms with Crippen LogP contribution in [0.2, 0.25) is 0 Å². The van der Waals surface area contributed by atoms with Crippen LogP contribution in [0.5, 0.6) is 0 Å². The average Bonchev–Trinajstić information content (AvgIpc) is 2.38. The van der Waals surface area contributed by atoms with E-state index in [2.05, 4.69) is 15.9 Å². The van der Waals surface area contributed by atoms with Gasteiger partial charge in [-0.05, 0) is 42.4 Å². The van der Waals surface area contributed by atoms with Crippen molar-refractivity contribution in [2.45, 2.75) is 25.2 Å². The van der Waals surface area contributed by atoms with Gasteiger partial charge in [0, 0.05) is 11.1 Å². The highest BCUT2D eigenvalue weighted by molar-refractivity contribution is 9.10. The van der Waals surface area contributed by atoms with Gasteiger partial charge in [0.1, 0.15) is 0 Å². The predicted molar refractivity (Wildman–Crippen MR) is 72.4 cm³/mol. The van der Waals surface area contributed by atoms with E-state index >= 15 is 0 Å². The largest absolute Gasteiger partial charge is 0.481 e. The fraction of sp³-hybridized carbons (Fsp3) is 0.500. The lowest BCUT2D eigenvalue weighted by atomic mass is 9.69. The van der Waals surface area contributed by atoms with Crippen LogP contribution in [0, 0.1) is 11.8 Å². The third kappa shape index (κ3) is 2.75. The molecule has 0 unspecified atom stereocenters. The quantitative estimate of drug-likeness (QED) is 0.902. The highest BCUT2D eigenvalue weighted by atomic mass is 79.9. The fourth-order valence-corrected chi connectivity index (χ4v) is 3.21. The molecule has 18 heavy (non-hydrogen) atoms. The Morgan fingerprint density at radius 3 is 2.50 bits per heavy atom. The number of hydrogen-bond donors (Lipinski definition) is 2. The summed E-state index contributed by atoms with van der Waals surface area (Å²) >= 11 is 3.38. The van der Waals surface area contributed by atoms with E-state index in [0.717, 1.165) is 29.3 Å². The predicted octanol–water partition coefficient (Wildman–Crippen LogP) is 3.03. The molecule has 98 valence electrons. The van der Waals surface area contributed by atoms with Crippen LogP contribution in [0.25, 0.3) is 0 Å². The fourth-order valence-electron chi connectivity index (χ4n) is 2.95. The Morgan fingerprint density at radius 2 is 1.94 bits per heavy atom. The van der Waals surface area contributed by atoms with Crippen LogP contribution < -0.4 is 0 Å². The molecule has 1 aromatic rings. The van der Waals surface area contributed by atoms with Crippen molar-refractivity contribution in [2.75, 3.05) is 6.61 Å². The van der Waals surface area contributed by atoms with Crippen LogP contribution in [0.3, 0.4) is 0 Å². The minimum absolute atomic E-state index is 0.0153. The molecule has 1 saturated carbocycles. The van der Waals surface area contributed by atoms with Gasteiger partial charge >= 0.3 is 5.97 Å². The van der Waals surface area contributed by atoms with Gasteiger partial charge in [-0.3, -0.25) is 4.79 Å². The van der Waals surface area contributed by atoms with Gasteiger partial charge in [-0.25, -0.2) is 0 Å². The van der Waals surface area contributed by atoms with Crippen molar-refractivity contribution in [3.63, 3.8) is 0 Å². The Labute approximate surface area is 115 Å². The minimum Gasteiger partial charge on any atom is -0.481 e. The number of aliphatic carboxylic acids is 1. The van der Waals surface area contributed by atoms with Crippen LogP contribution in [0.15, 0.2) is 28.7 Å². The number of carboxylic acid groups (broad SMARTS) is 1. The molecular formula is C14H17BrO3. The van der Waals surface area contributed by atoms with Crippen molar-refractivity contribution >= 4 is 21.9 Å². The molecule has 3 nitrogen and oxygen atoms in total. The van der Waals surface area contributed by atoms with E-state index in [1.807, 2.05) is 24.3 Å². The summed E-state index contributed by atoms with van der Waals surface area (Å²) in [4.78, 5) is 11.5. The Morgan fingerprint density at radius 1 is 1.28 bits per heavy atom. The summed E-state index contributed by atoms with van der Waals surface area (Å²) in [5.74, 6) is -1.36. The van der Waals surface area contributed by atoms with Crippen LogP contribution in [0.1, 0.15) is 30.7 Å². The number of carboxylic acids is 1. The molecule has 0 aromatic heterocycles. The van der Waals surface area contributed by atoms with E-state index < -0.39 is 11.9 Å². The van der Waals surface area contributed by atoms with Gasteiger partial charge in [0.15, 0.2) is 0 Å². The first-order chi connectivity index (χ1) is 8.63. The maximum atomic E-state index is 11.5. The summed E-state index contributed by atoms with van der Waals surface area (Å²) in [5, 5.41) is 18.8. The second-order valence-corrected chi connectivity index (χ2v) is 5.81. The summed E-state index contributed by atoms with van der Waals surface area (Å²) in [6.07, 6.45) is 2.67. The SMILES string of the molecule is O=C(O)[C@H]1[C@H](CO)CCC[C@@H]1c1ccc(Br)cc1. The standard InChI is InChI=1S/C14H17BrO3/c15-11-6-4-9(5-7-11)12-3-1-2-10(8-16)13(12)14(17)18/h4-7,10,12-13,16H,1-3,8H2,(H,17,18)/t10-,12+,13-/m0/s1. The van der Waals surface area contributed by atoms with Gasteiger partial charge in [-0.15, -0.1) is 0 Å². The van der Waals surface area contributed by atoms with E-state index in [1.54, 1.807) is 0 Å². The zero-order chi connectivity index (χ0) is 13.1. The molecule has 1 aromatic carbocycles. The number of aliphatic hydroxyl groups is 1. The van der Waals surface area contributed by atoms with Gasteiger partial charge < -0.3 is 10.2 Å². The van der Waals surface area contributed by atoms with Gasteiger partial charge in [0.05, 0.1) is 5.92 Å². The topological polar surface area (TPSA) is 57.5 Å². The molecule has 1 aliphatic carbocycles.